The Balaban J connectivity index is 4.55. The van der Waals surface area contributed by atoms with Crippen LogP contribution in [-0.2, 0) is 9.63 Å². The van der Waals surface area contributed by atoms with E-state index in [9.17, 15) is 4.79 Å². The molecule has 0 saturated carbocycles. The standard InChI is InChI=1S/C9H20N2O2/c1-5-9(10,7(12)13-11)6-8(2,3)4/h5-6,10-11H2,1-4H3. The smallest absolute Gasteiger partial charge is 0.344 e. The van der Waals surface area contributed by atoms with Crippen LogP contribution in [0.1, 0.15) is 40.5 Å². The van der Waals surface area contributed by atoms with Gasteiger partial charge in [-0.1, -0.05) is 27.7 Å². The van der Waals surface area contributed by atoms with Crippen LogP contribution in [0.5, 0.6) is 0 Å². The minimum absolute atomic E-state index is 0.0149. The Hall–Kier alpha value is -0.610. The number of carbonyl (C=O) groups is 1. The SMILES string of the molecule is CCC(N)(CC(C)(C)C)C(=O)ON. The molecule has 0 radical (unpaired) electrons. The molecule has 0 aromatic rings. The molecule has 0 aromatic carbocycles. The average Bonchev–Trinajstić information content (AvgIpc) is 1.99. The molecule has 4 nitrogen and oxygen atoms in total. The highest BCUT2D eigenvalue weighted by Crippen LogP contribution is 2.28. The van der Waals surface area contributed by atoms with Crippen LogP contribution in [-0.4, -0.2) is 11.5 Å². The van der Waals surface area contributed by atoms with Crippen molar-refractivity contribution in [3.63, 3.8) is 0 Å². The Morgan fingerprint density at radius 1 is 1.38 bits per heavy atom. The van der Waals surface area contributed by atoms with Gasteiger partial charge in [-0.3, -0.25) is 0 Å². The topological polar surface area (TPSA) is 78.3 Å². The highest BCUT2D eigenvalue weighted by Gasteiger charge is 2.37. The van der Waals surface area contributed by atoms with E-state index in [2.05, 4.69) is 4.84 Å². The summed E-state index contributed by atoms with van der Waals surface area (Å²) >= 11 is 0. The first-order valence-corrected chi connectivity index (χ1v) is 4.45. The van der Waals surface area contributed by atoms with E-state index in [1.54, 1.807) is 0 Å². The fourth-order valence-corrected chi connectivity index (χ4v) is 1.41. The first-order chi connectivity index (χ1) is 5.75. The lowest BCUT2D eigenvalue weighted by Crippen LogP contribution is -2.51. The average molecular weight is 188 g/mol. The van der Waals surface area contributed by atoms with Crippen LogP contribution in [0, 0.1) is 5.41 Å². The van der Waals surface area contributed by atoms with Gasteiger partial charge < -0.3 is 10.6 Å². The van der Waals surface area contributed by atoms with E-state index >= 15 is 0 Å². The molecule has 1 atom stereocenters. The molecular formula is C9H20N2O2. The van der Waals surface area contributed by atoms with Crippen LogP contribution in [0.25, 0.3) is 0 Å². The summed E-state index contributed by atoms with van der Waals surface area (Å²) < 4.78 is 0. The molecular weight excluding hydrogens is 168 g/mol. The van der Waals surface area contributed by atoms with Crippen molar-refractivity contribution in [1.29, 1.82) is 0 Å². The van der Waals surface area contributed by atoms with Crippen LogP contribution < -0.4 is 11.6 Å². The van der Waals surface area contributed by atoms with E-state index in [0.29, 0.717) is 12.8 Å². The molecule has 0 aliphatic rings. The molecule has 1 unspecified atom stereocenters. The molecule has 0 aliphatic carbocycles. The Morgan fingerprint density at radius 3 is 2.08 bits per heavy atom. The predicted octanol–water partition coefficient (Wildman–Crippen LogP) is 0.947. The van der Waals surface area contributed by atoms with Gasteiger partial charge in [0, 0.05) is 0 Å². The second kappa shape index (κ2) is 4.07. The second-order valence-electron chi connectivity index (χ2n) is 4.65. The number of nitrogens with two attached hydrogens (primary N) is 2. The van der Waals surface area contributed by atoms with Gasteiger partial charge in [0.05, 0.1) is 0 Å². The molecule has 13 heavy (non-hydrogen) atoms. The van der Waals surface area contributed by atoms with Gasteiger partial charge in [0.25, 0.3) is 0 Å². The van der Waals surface area contributed by atoms with Gasteiger partial charge in [0.1, 0.15) is 5.54 Å². The van der Waals surface area contributed by atoms with Gasteiger partial charge in [-0.2, -0.15) is 5.90 Å². The van der Waals surface area contributed by atoms with Crippen LogP contribution in [0.2, 0.25) is 0 Å². The molecule has 0 rings (SSSR count). The lowest BCUT2D eigenvalue weighted by molar-refractivity contribution is -0.152. The normalized spacial score (nSPS) is 16.5. The maximum atomic E-state index is 11.3. The molecule has 0 aromatic heterocycles. The van der Waals surface area contributed by atoms with Crippen molar-refractivity contribution in [2.45, 2.75) is 46.1 Å². The van der Waals surface area contributed by atoms with Crippen LogP contribution >= 0.6 is 0 Å². The molecule has 0 bridgehead atoms. The second-order valence-corrected chi connectivity index (χ2v) is 4.65. The lowest BCUT2D eigenvalue weighted by atomic mass is 9.79. The van der Waals surface area contributed by atoms with Crippen molar-refractivity contribution in [2.24, 2.45) is 17.0 Å². The highest BCUT2D eigenvalue weighted by molar-refractivity contribution is 5.80. The fraction of sp³-hybridized carbons (Fsp3) is 0.889. The lowest BCUT2D eigenvalue weighted by Gasteiger charge is -2.31. The summed E-state index contributed by atoms with van der Waals surface area (Å²) in [6, 6.07) is 0. The van der Waals surface area contributed by atoms with Gasteiger partial charge in [-0.25, -0.2) is 4.79 Å². The summed E-state index contributed by atoms with van der Waals surface area (Å²) in [5, 5.41) is 0. The first-order valence-electron chi connectivity index (χ1n) is 4.45. The number of rotatable bonds is 3. The third kappa shape index (κ3) is 3.74. The third-order valence-corrected chi connectivity index (χ3v) is 1.99. The van der Waals surface area contributed by atoms with Crippen LogP contribution in [0.4, 0.5) is 0 Å². The van der Waals surface area contributed by atoms with Crippen molar-refractivity contribution >= 4 is 5.97 Å². The number of carbonyl (C=O) groups excluding carboxylic acids is 1. The van der Waals surface area contributed by atoms with Gasteiger partial charge in [-0.05, 0) is 18.3 Å². The maximum Gasteiger partial charge on any atom is 0.344 e. The largest absolute Gasteiger partial charge is 0.372 e. The van der Waals surface area contributed by atoms with E-state index < -0.39 is 11.5 Å². The first kappa shape index (κ1) is 12.4. The maximum absolute atomic E-state index is 11.3. The Kier molecular flexibility index (Phi) is 3.88. The quantitative estimate of drug-likeness (QED) is 0.646. The Labute approximate surface area is 79.6 Å². The molecule has 0 heterocycles. The molecule has 4 N–H and O–H groups in total. The van der Waals surface area contributed by atoms with E-state index in [1.807, 2.05) is 27.7 Å². The predicted molar refractivity (Wildman–Crippen MR) is 51.6 cm³/mol. The molecule has 78 valence electrons. The zero-order valence-electron chi connectivity index (χ0n) is 8.89. The summed E-state index contributed by atoms with van der Waals surface area (Å²) in [7, 11) is 0. The molecule has 0 aliphatic heterocycles. The van der Waals surface area contributed by atoms with Gasteiger partial charge in [-0.15, -0.1) is 0 Å². The van der Waals surface area contributed by atoms with Crippen molar-refractivity contribution in [2.75, 3.05) is 0 Å². The molecule has 4 heteroatoms. The van der Waals surface area contributed by atoms with Crippen LogP contribution in [0.3, 0.4) is 0 Å². The summed E-state index contributed by atoms with van der Waals surface area (Å²) in [5.74, 6) is 4.29. The van der Waals surface area contributed by atoms with Crippen molar-refractivity contribution < 1.29 is 9.63 Å². The van der Waals surface area contributed by atoms with Crippen LogP contribution in [0.15, 0.2) is 0 Å². The Bertz CT molecular complexity index is 187. The van der Waals surface area contributed by atoms with Gasteiger partial charge in [0.15, 0.2) is 0 Å². The molecule has 0 spiro atoms. The van der Waals surface area contributed by atoms with E-state index in [-0.39, 0.29) is 5.41 Å². The Morgan fingerprint density at radius 2 is 1.85 bits per heavy atom. The zero-order valence-corrected chi connectivity index (χ0v) is 8.89. The summed E-state index contributed by atoms with van der Waals surface area (Å²) in [4.78, 5) is 15.5. The highest BCUT2D eigenvalue weighted by atomic mass is 16.7. The zero-order chi connectivity index (χ0) is 10.7. The minimum atomic E-state index is -0.951. The van der Waals surface area contributed by atoms with Gasteiger partial charge in [0.2, 0.25) is 0 Å². The summed E-state index contributed by atoms with van der Waals surface area (Å²) in [6.07, 6.45) is 1.09. The number of hydrogen-bond acceptors (Lipinski definition) is 4. The van der Waals surface area contributed by atoms with Gasteiger partial charge >= 0.3 is 5.97 Å². The third-order valence-electron chi connectivity index (χ3n) is 1.99. The van der Waals surface area contributed by atoms with Crippen molar-refractivity contribution in [3.8, 4) is 0 Å². The summed E-state index contributed by atoms with van der Waals surface area (Å²) in [6.45, 7) is 7.92. The van der Waals surface area contributed by atoms with E-state index in [1.165, 1.54) is 0 Å². The van der Waals surface area contributed by atoms with Crippen molar-refractivity contribution in [3.05, 3.63) is 0 Å². The van der Waals surface area contributed by atoms with E-state index in [0.717, 1.165) is 0 Å². The number of hydrogen-bond donors (Lipinski definition) is 2. The molecule has 0 amide bonds. The molecule has 0 fully saturated rings. The molecule has 0 saturated heterocycles. The summed E-state index contributed by atoms with van der Waals surface area (Å²) in [5.41, 5.74) is 4.92. The minimum Gasteiger partial charge on any atom is -0.372 e. The van der Waals surface area contributed by atoms with E-state index in [4.69, 9.17) is 11.6 Å². The van der Waals surface area contributed by atoms with Crippen molar-refractivity contribution in [1.82, 2.24) is 0 Å². The fourth-order valence-electron chi connectivity index (χ4n) is 1.41. The monoisotopic (exact) mass is 188 g/mol.